The topological polar surface area (TPSA) is 87.3 Å². The average molecular weight is 548 g/mol. The Bertz CT molecular complexity index is 1440. The number of hydrogen-bond acceptors (Lipinski definition) is 4. The van der Waals surface area contributed by atoms with Crippen LogP contribution in [0, 0.1) is 0 Å². The van der Waals surface area contributed by atoms with Crippen molar-refractivity contribution in [2.45, 2.75) is 4.90 Å². The van der Waals surface area contributed by atoms with Gasteiger partial charge in [0.25, 0.3) is 15.9 Å². The van der Waals surface area contributed by atoms with Crippen LogP contribution in [0.4, 0.5) is 5.69 Å². The summed E-state index contributed by atoms with van der Waals surface area (Å²) in [7, 11) is -3.73. The average Bonchev–Trinajstić information content (AvgIpc) is 2.88. The SMILES string of the molecule is C=C(NNC(=O)c1ccc(NS(=O)(=O)c2ccc(Br)cc2)cc1)c1ccc(-c2ccccc2)cc1. The number of sulfonamides is 1. The predicted octanol–water partition coefficient (Wildman–Crippen LogP) is 5.82. The van der Waals surface area contributed by atoms with Crippen molar-refractivity contribution in [3.05, 3.63) is 125 Å². The Morgan fingerprint density at radius 3 is 1.89 bits per heavy atom. The van der Waals surface area contributed by atoms with Gasteiger partial charge in [0.2, 0.25) is 0 Å². The molecule has 0 radical (unpaired) electrons. The highest BCUT2D eigenvalue weighted by Gasteiger charge is 2.14. The lowest BCUT2D eigenvalue weighted by molar-refractivity contribution is 0.0942. The third-order valence-electron chi connectivity index (χ3n) is 5.19. The fraction of sp³-hybridized carbons (Fsp3) is 0. The van der Waals surface area contributed by atoms with E-state index in [-0.39, 0.29) is 10.8 Å². The normalized spacial score (nSPS) is 10.9. The zero-order valence-corrected chi connectivity index (χ0v) is 20.9. The first-order chi connectivity index (χ1) is 16.8. The fourth-order valence-electron chi connectivity index (χ4n) is 3.29. The molecule has 6 nitrogen and oxygen atoms in total. The maximum atomic E-state index is 12.5. The molecule has 3 N–H and O–H groups in total. The number of hydrazine groups is 1. The molecule has 0 heterocycles. The first-order valence-electron chi connectivity index (χ1n) is 10.6. The van der Waals surface area contributed by atoms with E-state index < -0.39 is 10.0 Å². The molecule has 0 aliphatic rings. The molecule has 4 rings (SSSR count). The van der Waals surface area contributed by atoms with Crippen molar-refractivity contribution in [1.82, 2.24) is 10.9 Å². The van der Waals surface area contributed by atoms with Gasteiger partial charge < -0.3 is 0 Å². The van der Waals surface area contributed by atoms with E-state index in [0.717, 1.165) is 21.2 Å². The second-order valence-corrected chi connectivity index (χ2v) is 10.2. The Balaban J connectivity index is 1.33. The lowest BCUT2D eigenvalue weighted by atomic mass is 10.0. The van der Waals surface area contributed by atoms with Gasteiger partial charge in [-0.1, -0.05) is 77.1 Å². The molecule has 0 fully saturated rings. The molecular formula is C27H22BrN3O3S. The van der Waals surface area contributed by atoms with E-state index in [1.165, 1.54) is 36.4 Å². The Morgan fingerprint density at radius 2 is 1.26 bits per heavy atom. The quantitative estimate of drug-likeness (QED) is 0.242. The summed E-state index contributed by atoms with van der Waals surface area (Å²) in [6, 6.07) is 30.3. The van der Waals surface area contributed by atoms with Crippen LogP contribution in [0.25, 0.3) is 16.8 Å². The van der Waals surface area contributed by atoms with Crippen LogP contribution in [-0.4, -0.2) is 14.3 Å². The van der Waals surface area contributed by atoms with Crippen LogP contribution < -0.4 is 15.6 Å². The van der Waals surface area contributed by atoms with Crippen LogP contribution in [0.3, 0.4) is 0 Å². The number of carbonyl (C=O) groups is 1. The minimum absolute atomic E-state index is 0.141. The number of amides is 1. The lowest BCUT2D eigenvalue weighted by Crippen LogP contribution is -2.35. The molecule has 4 aromatic rings. The molecule has 4 aromatic carbocycles. The monoisotopic (exact) mass is 547 g/mol. The zero-order valence-electron chi connectivity index (χ0n) is 18.5. The summed E-state index contributed by atoms with van der Waals surface area (Å²) in [6.07, 6.45) is 0. The van der Waals surface area contributed by atoms with E-state index in [1.54, 1.807) is 12.1 Å². The molecule has 0 saturated heterocycles. The van der Waals surface area contributed by atoms with Crippen molar-refractivity contribution in [1.29, 1.82) is 0 Å². The van der Waals surface area contributed by atoms with Gasteiger partial charge in [0.15, 0.2) is 0 Å². The van der Waals surface area contributed by atoms with Crippen LogP contribution in [0.5, 0.6) is 0 Å². The number of rotatable bonds is 8. The van der Waals surface area contributed by atoms with Crippen LogP contribution in [0.2, 0.25) is 0 Å². The summed E-state index contributed by atoms with van der Waals surface area (Å²) in [5.74, 6) is -0.380. The molecule has 8 heteroatoms. The highest BCUT2D eigenvalue weighted by molar-refractivity contribution is 9.10. The maximum absolute atomic E-state index is 12.5. The Hall–Kier alpha value is -3.88. The van der Waals surface area contributed by atoms with Gasteiger partial charge in [-0.2, -0.15) is 0 Å². The molecule has 176 valence electrons. The van der Waals surface area contributed by atoms with Crippen molar-refractivity contribution >= 4 is 43.2 Å². The van der Waals surface area contributed by atoms with Crippen molar-refractivity contribution < 1.29 is 13.2 Å². The number of hydrogen-bond donors (Lipinski definition) is 3. The van der Waals surface area contributed by atoms with Crippen molar-refractivity contribution in [2.24, 2.45) is 0 Å². The van der Waals surface area contributed by atoms with Crippen LogP contribution >= 0.6 is 15.9 Å². The first-order valence-corrected chi connectivity index (χ1v) is 12.9. The van der Waals surface area contributed by atoms with E-state index in [2.05, 4.69) is 38.1 Å². The highest BCUT2D eigenvalue weighted by Crippen LogP contribution is 2.21. The van der Waals surface area contributed by atoms with Gasteiger partial charge in [0.05, 0.1) is 10.6 Å². The van der Waals surface area contributed by atoms with Gasteiger partial charge in [0.1, 0.15) is 0 Å². The smallest absolute Gasteiger partial charge is 0.269 e. The van der Waals surface area contributed by atoms with Crippen molar-refractivity contribution in [3.8, 4) is 11.1 Å². The fourth-order valence-corrected chi connectivity index (χ4v) is 4.61. The van der Waals surface area contributed by atoms with Gasteiger partial charge in [-0.05, 0) is 65.2 Å². The second-order valence-electron chi connectivity index (χ2n) is 7.64. The van der Waals surface area contributed by atoms with Gasteiger partial charge in [-0.25, -0.2) is 8.42 Å². The number of carbonyl (C=O) groups excluding carboxylic acids is 1. The summed E-state index contributed by atoms with van der Waals surface area (Å²) < 4.78 is 28.3. The largest absolute Gasteiger partial charge is 0.298 e. The number of halogens is 1. The zero-order chi connectivity index (χ0) is 24.8. The molecule has 0 saturated carbocycles. The van der Waals surface area contributed by atoms with Crippen LogP contribution in [0.15, 0.2) is 119 Å². The molecule has 0 bridgehead atoms. The third kappa shape index (κ3) is 6.17. The second kappa shape index (κ2) is 10.6. The molecule has 1 amide bonds. The minimum Gasteiger partial charge on any atom is -0.298 e. The van der Waals surface area contributed by atoms with E-state index >= 15 is 0 Å². The van der Waals surface area contributed by atoms with Gasteiger partial charge in [-0.3, -0.25) is 20.4 Å². The predicted molar refractivity (Wildman–Crippen MR) is 143 cm³/mol. The number of nitrogens with one attached hydrogen (secondary N) is 3. The molecule has 0 atom stereocenters. The Morgan fingerprint density at radius 1 is 0.686 bits per heavy atom. The minimum atomic E-state index is -3.73. The summed E-state index contributed by atoms with van der Waals surface area (Å²) in [4.78, 5) is 12.7. The highest BCUT2D eigenvalue weighted by atomic mass is 79.9. The van der Waals surface area contributed by atoms with Gasteiger partial charge in [-0.15, -0.1) is 0 Å². The summed E-state index contributed by atoms with van der Waals surface area (Å²) in [5, 5.41) is 0. The summed E-state index contributed by atoms with van der Waals surface area (Å²) >= 11 is 3.28. The molecule has 0 aromatic heterocycles. The van der Waals surface area contributed by atoms with E-state index in [9.17, 15) is 13.2 Å². The Labute approximate surface area is 212 Å². The van der Waals surface area contributed by atoms with Crippen LogP contribution in [-0.2, 0) is 10.0 Å². The Kier molecular flexibility index (Phi) is 7.33. The van der Waals surface area contributed by atoms with Gasteiger partial charge >= 0.3 is 0 Å². The molecule has 0 unspecified atom stereocenters. The number of anilines is 1. The van der Waals surface area contributed by atoms with E-state index in [1.807, 2.05) is 54.6 Å². The van der Waals surface area contributed by atoms with E-state index in [0.29, 0.717) is 16.9 Å². The summed E-state index contributed by atoms with van der Waals surface area (Å²) in [6.45, 7) is 3.98. The van der Waals surface area contributed by atoms with Crippen molar-refractivity contribution in [2.75, 3.05) is 4.72 Å². The maximum Gasteiger partial charge on any atom is 0.269 e. The molecule has 0 spiro atoms. The summed E-state index contributed by atoms with van der Waals surface area (Å²) in [5.41, 5.74) is 9.72. The van der Waals surface area contributed by atoms with E-state index in [4.69, 9.17) is 0 Å². The van der Waals surface area contributed by atoms with Crippen molar-refractivity contribution in [3.63, 3.8) is 0 Å². The lowest BCUT2D eigenvalue weighted by Gasteiger charge is -2.13. The molecule has 0 aliphatic carbocycles. The number of benzene rings is 4. The standard InChI is InChI=1S/C27H22BrN3O3S/c1-19(20-7-9-22(10-8-20)21-5-3-2-4-6-21)29-30-27(32)23-11-15-25(16-12-23)31-35(33,34)26-17-13-24(28)14-18-26/h2-18,29,31H,1H2,(H,30,32). The molecular weight excluding hydrogens is 526 g/mol. The molecule has 35 heavy (non-hydrogen) atoms. The molecule has 0 aliphatic heterocycles. The third-order valence-corrected chi connectivity index (χ3v) is 7.12. The van der Waals surface area contributed by atoms with Crippen LogP contribution in [0.1, 0.15) is 15.9 Å². The first kappa shape index (κ1) is 24.3. The van der Waals surface area contributed by atoms with Gasteiger partial charge in [0, 0.05) is 15.7 Å².